The number of nitrogens with zero attached hydrogens (tertiary/aromatic N) is 1. The van der Waals surface area contributed by atoms with Gasteiger partial charge in [-0.15, -0.1) is 12.4 Å². The molecule has 0 spiro atoms. The molecule has 1 aromatic carbocycles. The van der Waals surface area contributed by atoms with Gasteiger partial charge < -0.3 is 15.0 Å². The molecular formula is C17H25Cl3N2O2. The molecule has 1 atom stereocenters. The zero-order valence-corrected chi connectivity index (χ0v) is 16.4. The summed E-state index contributed by atoms with van der Waals surface area (Å²) in [7, 11) is 1.87. The van der Waals surface area contributed by atoms with E-state index in [1.54, 1.807) is 18.2 Å². The minimum Gasteiger partial charge on any atom is -0.493 e. The van der Waals surface area contributed by atoms with Crippen molar-refractivity contribution in [2.75, 3.05) is 33.3 Å². The van der Waals surface area contributed by atoms with Crippen LogP contribution in [-0.4, -0.2) is 44.1 Å². The molecule has 1 aliphatic rings. The highest BCUT2D eigenvalue weighted by atomic mass is 35.5. The molecule has 1 aliphatic heterocycles. The summed E-state index contributed by atoms with van der Waals surface area (Å²) in [5.41, 5.74) is 0. The molecule has 0 aliphatic carbocycles. The molecular weight excluding hydrogens is 371 g/mol. The maximum absolute atomic E-state index is 12.3. The first-order valence-corrected chi connectivity index (χ1v) is 8.77. The van der Waals surface area contributed by atoms with Crippen molar-refractivity contribution in [1.29, 1.82) is 0 Å². The van der Waals surface area contributed by atoms with Crippen LogP contribution >= 0.6 is 35.6 Å². The fourth-order valence-corrected chi connectivity index (χ4v) is 3.36. The number of halogens is 3. The Morgan fingerprint density at radius 2 is 1.88 bits per heavy atom. The molecule has 0 saturated carbocycles. The molecule has 7 heteroatoms. The Hall–Kier alpha value is -0.680. The topological polar surface area (TPSA) is 41.6 Å². The predicted octanol–water partition coefficient (Wildman–Crippen LogP) is 3.89. The second-order valence-corrected chi connectivity index (χ2v) is 7.02. The number of carbonyl (C=O) groups excluding carboxylic acids is 1. The van der Waals surface area contributed by atoms with E-state index < -0.39 is 0 Å². The van der Waals surface area contributed by atoms with Gasteiger partial charge in [0.1, 0.15) is 5.75 Å². The maximum atomic E-state index is 12.3. The number of piperidine rings is 1. The van der Waals surface area contributed by atoms with Crippen molar-refractivity contribution in [3.05, 3.63) is 28.2 Å². The lowest BCUT2D eigenvalue weighted by Gasteiger charge is -2.33. The summed E-state index contributed by atoms with van der Waals surface area (Å²) in [5.74, 6) is 1.42. The molecule has 24 heavy (non-hydrogen) atoms. The molecule has 0 aromatic heterocycles. The third-order valence-corrected chi connectivity index (χ3v) is 4.62. The molecule has 2 rings (SSSR count). The summed E-state index contributed by atoms with van der Waals surface area (Å²) in [6, 6.07) is 5.23. The summed E-state index contributed by atoms with van der Waals surface area (Å²) in [6.07, 6.45) is 1.93. The quantitative estimate of drug-likeness (QED) is 0.794. The van der Waals surface area contributed by atoms with Crippen molar-refractivity contribution in [2.24, 2.45) is 11.8 Å². The molecule has 1 amide bonds. The second kappa shape index (κ2) is 10.3. The Balaban J connectivity index is 0.00000288. The van der Waals surface area contributed by atoms with Gasteiger partial charge in [-0.3, -0.25) is 4.79 Å². The van der Waals surface area contributed by atoms with Crippen LogP contribution in [0, 0.1) is 11.8 Å². The minimum absolute atomic E-state index is 0. The van der Waals surface area contributed by atoms with Crippen LogP contribution in [0.4, 0.5) is 0 Å². The van der Waals surface area contributed by atoms with Crippen molar-refractivity contribution < 1.29 is 9.53 Å². The lowest BCUT2D eigenvalue weighted by atomic mass is 9.96. The highest BCUT2D eigenvalue weighted by Crippen LogP contribution is 2.26. The Labute approximate surface area is 160 Å². The lowest BCUT2D eigenvalue weighted by Crippen LogP contribution is -2.43. The highest BCUT2D eigenvalue weighted by molar-refractivity contribution is 6.34. The van der Waals surface area contributed by atoms with Gasteiger partial charge in [0.15, 0.2) is 0 Å². The highest BCUT2D eigenvalue weighted by Gasteiger charge is 2.25. The SMILES string of the molecule is CNCC(C)C(=O)N1CCC(COc2cc(Cl)cc(Cl)c2)CC1.Cl. The summed E-state index contributed by atoms with van der Waals surface area (Å²) in [4.78, 5) is 14.2. The smallest absolute Gasteiger partial charge is 0.226 e. The first-order chi connectivity index (χ1) is 11.0. The van der Waals surface area contributed by atoms with Crippen molar-refractivity contribution in [3.63, 3.8) is 0 Å². The molecule has 1 heterocycles. The molecule has 1 saturated heterocycles. The van der Waals surface area contributed by atoms with E-state index in [0.29, 0.717) is 28.3 Å². The molecule has 0 radical (unpaired) electrons. The van der Waals surface area contributed by atoms with Gasteiger partial charge in [-0.2, -0.15) is 0 Å². The van der Waals surface area contributed by atoms with Crippen LogP contribution in [0.2, 0.25) is 10.0 Å². The van der Waals surface area contributed by atoms with Gasteiger partial charge in [-0.1, -0.05) is 30.1 Å². The molecule has 136 valence electrons. The Kier molecular flexibility index (Phi) is 9.21. The number of ether oxygens (including phenoxy) is 1. The summed E-state index contributed by atoms with van der Waals surface area (Å²) in [6.45, 7) is 4.92. The van der Waals surface area contributed by atoms with E-state index in [1.807, 2.05) is 18.9 Å². The van der Waals surface area contributed by atoms with Gasteiger partial charge in [0.05, 0.1) is 6.61 Å². The summed E-state index contributed by atoms with van der Waals surface area (Å²) in [5, 5.41) is 4.21. The van der Waals surface area contributed by atoms with Crippen LogP contribution in [-0.2, 0) is 4.79 Å². The monoisotopic (exact) mass is 394 g/mol. The molecule has 4 nitrogen and oxygen atoms in total. The van der Waals surface area contributed by atoms with Crippen molar-refractivity contribution in [2.45, 2.75) is 19.8 Å². The number of hydrogen-bond donors (Lipinski definition) is 1. The van der Waals surface area contributed by atoms with Gasteiger partial charge in [0, 0.05) is 35.6 Å². The van der Waals surface area contributed by atoms with E-state index in [4.69, 9.17) is 27.9 Å². The number of rotatable bonds is 6. The number of carbonyl (C=O) groups is 1. The van der Waals surface area contributed by atoms with Crippen LogP contribution in [0.25, 0.3) is 0 Å². The van der Waals surface area contributed by atoms with E-state index in [2.05, 4.69) is 5.32 Å². The van der Waals surface area contributed by atoms with E-state index in [9.17, 15) is 4.79 Å². The summed E-state index contributed by atoms with van der Waals surface area (Å²) >= 11 is 11.9. The molecule has 0 bridgehead atoms. The predicted molar refractivity (Wildman–Crippen MR) is 102 cm³/mol. The van der Waals surface area contributed by atoms with Crippen LogP contribution in [0.1, 0.15) is 19.8 Å². The fourth-order valence-electron chi connectivity index (χ4n) is 2.85. The van der Waals surface area contributed by atoms with E-state index >= 15 is 0 Å². The fraction of sp³-hybridized carbons (Fsp3) is 0.588. The van der Waals surface area contributed by atoms with Crippen molar-refractivity contribution in [3.8, 4) is 5.75 Å². The Bertz CT molecular complexity index is 514. The van der Waals surface area contributed by atoms with Crippen LogP contribution in [0.3, 0.4) is 0 Å². The standard InChI is InChI=1S/C17H24Cl2N2O2.ClH/c1-12(10-20-2)17(22)21-5-3-13(4-6-21)11-23-16-8-14(18)7-15(19)9-16;/h7-9,12-13,20H,3-6,10-11H2,1-2H3;1H. The number of nitrogens with one attached hydrogen (secondary N) is 1. The van der Waals surface area contributed by atoms with Crippen molar-refractivity contribution in [1.82, 2.24) is 10.2 Å². The van der Waals surface area contributed by atoms with Crippen LogP contribution in [0.15, 0.2) is 18.2 Å². The zero-order chi connectivity index (χ0) is 16.8. The van der Waals surface area contributed by atoms with E-state index in [1.165, 1.54) is 0 Å². The largest absolute Gasteiger partial charge is 0.493 e. The van der Waals surface area contributed by atoms with Gasteiger partial charge in [0.2, 0.25) is 5.91 Å². The molecule has 1 unspecified atom stereocenters. The number of benzene rings is 1. The number of likely N-dealkylation sites (tertiary alicyclic amines) is 1. The third kappa shape index (κ3) is 6.32. The Morgan fingerprint density at radius 3 is 2.42 bits per heavy atom. The molecule has 1 N–H and O–H groups in total. The minimum atomic E-state index is 0. The lowest BCUT2D eigenvalue weighted by molar-refractivity contribution is -0.136. The number of hydrogen-bond acceptors (Lipinski definition) is 3. The first-order valence-electron chi connectivity index (χ1n) is 8.02. The average Bonchev–Trinajstić information content (AvgIpc) is 2.52. The van der Waals surface area contributed by atoms with Crippen LogP contribution < -0.4 is 10.1 Å². The van der Waals surface area contributed by atoms with Crippen molar-refractivity contribution >= 4 is 41.5 Å². The molecule has 1 fully saturated rings. The van der Waals surface area contributed by atoms with E-state index in [0.717, 1.165) is 32.5 Å². The second-order valence-electron chi connectivity index (χ2n) is 6.14. The van der Waals surface area contributed by atoms with E-state index in [-0.39, 0.29) is 24.2 Å². The maximum Gasteiger partial charge on any atom is 0.226 e. The van der Waals surface area contributed by atoms with Gasteiger partial charge in [-0.05, 0) is 44.0 Å². The van der Waals surface area contributed by atoms with Crippen LogP contribution in [0.5, 0.6) is 5.75 Å². The summed E-state index contributed by atoms with van der Waals surface area (Å²) < 4.78 is 5.81. The molecule has 1 aromatic rings. The Morgan fingerprint density at radius 1 is 1.29 bits per heavy atom. The zero-order valence-electron chi connectivity index (χ0n) is 14.1. The van der Waals surface area contributed by atoms with Gasteiger partial charge in [0.25, 0.3) is 0 Å². The number of amides is 1. The first kappa shape index (κ1) is 21.4. The average molecular weight is 396 g/mol. The van der Waals surface area contributed by atoms with Gasteiger partial charge in [-0.25, -0.2) is 0 Å². The third-order valence-electron chi connectivity index (χ3n) is 4.18. The van der Waals surface area contributed by atoms with Gasteiger partial charge >= 0.3 is 0 Å². The normalized spacial score (nSPS) is 16.4.